The molecule has 0 rings (SSSR count). The van der Waals surface area contributed by atoms with Crippen molar-refractivity contribution >= 4 is 27.8 Å². The molecular formula is HAlCuO5S+2. The Labute approximate surface area is 68.0 Å². The van der Waals surface area contributed by atoms with E-state index in [1.165, 1.54) is 0 Å². The fourth-order valence-corrected chi connectivity index (χ4v) is 0. The molecule has 0 spiro atoms. The van der Waals surface area contributed by atoms with Gasteiger partial charge in [0.1, 0.15) is 0 Å². The zero-order chi connectivity index (χ0) is 4.50. The quantitative estimate of drug-likeness (QED) is 0.259. The van der Waals surface area contributed by atoms with E-state index in [2.05, 4.69) is 0 Å². The van der Waals surface area contributed by atoms with Crippen LogP contribution in [0.15, 0.2) is 0 Å². The molecule has 5 nitrogen and oxygen atoms in total. The van der Waals surface area contributed by atoms with Crippen molar-refractivity contribution in [3.63, 3.8) is 0 Å². The topological polar surface area (TPSA) is 110 Å². The summed E-state index contributed by atoms with van der Waals surface area (Å²) in [6.45, 7) is 0. The van der Waals surface area contributed by atoms with Gasteiger partial charge in [0.25, 0.3) is 0 Å². The predicted octanol–water partition coefficient (Wildman–Crippen LogP) is -1.90. The summed E-state index contributed by atoms with van der Waals surface area (Å²) in [5.41, 5.74) is 0. The average Bonchev–Trinajstić information content (AvgIpc) is 0.722. The maximum absolute atomic E-state index is 8.52. The van der Waals surface area contributed by atoms with E-state index in [0.29, 0.717) is 0 Å². The van der Waals surface area contributed by atoms with E-state index in [1.807, 2.05) is 0 Å². The molecule has 0 aliphatic heterocycles. The third kappa shape index (κ3) is 306. The Balaban J connectivity index is -0.0000000267. The molecule has 0 aliphatic rings. The van der Waals surface area contributed by atoms with Crippen molar-refractivity contribution < 1.29 is 40.1 Å². The van der Waals surface area contributed by atoms with E-state index >= 15 is 0 Å². The Bertz CT molecular complexity index is 95.6. The van der Waals surface area contributed by atoms with Gasteiger partial charge in [0.15, 0.2) is 0 Å². The molecule has 0 unspecified atom stereocenters. The Morgan fingerprint density at radius 3 is 1.12 bits per heavy atom. The van der Waals surface area contributed by atoms with Gasteiger partial charge in [0.05, 0.1) is 0 Å². The molecular weight excluding hydrogens is 203 g/mol. The number of hydrogen-bond donors (Lipinski definition) is 0. The molecule has 0 heterocycles. The first-order valence-corrected chi connectivity index (χ1v) is 2.00. The smallest absolute Gasteiger partial charge is 0.870 e. The first kappa shape index (κ1) is 23.2. The third-order valence-corrected chi connectivity index (χ3v) is 0. The van der Waals surface area contributed by atoms with Crippen molar-refractivity contribution in [2.45, 2.75) is 0 Å². The summed E-state index contributed by atoms with van der Waals surface area (Å²) in [6.07, 6.45) is 0. The van der Waals surface area contributed by atoms with Crippen molar-refractivity contribution in [2.24, 2.45) is 0 Å². The minimum absolute atomic E-state index is 0. The summed E-state index contributed by atoms with van der Waals surface area (Å²) >= 11 is 0. The van der Waals surface area contributed by atoms with Gasteiger partial charge in [-0.05, 0) is 0 Å². The van der Waals surface area contributed by atoms with E-state index in [1.54, 1.807) is 0 Å². The maximum atomic E-state index is 8.52. The molecule has 1 radical (unpaired) electrons. The van der Waals surface area contributed by atoms with Crippen LogP contribution in [0.4, 0.5) is 0 Å². The summed E-state index contributed by atoms with van der Waals surface area (Å²) in [6, 6.07) is 0. The SMILES string of the molecule is O=S(=O)([O-])[O-].[Al+3].[Cu+2].[OH-]. The van der Waals surface area contributed by atoms with Gasteiger partial charge in [-0.3, -0.25) is 8.42 Å². The fraction of sp³-hybridized carbons (Fsp3) is 0. The summed E-state index contributed by atoms with van der Waals surface area (Å²) in [5, 5.41) is 0. The van der Waals surface area contributed by atoms with E-state index in [0.717, 1.165) is 0 Å². The van der Waals surface area contributed by atoms with Crippen molar-refractivity contribution in [3.05, 3.63) is 0 Å². The Kier molecular flexibility index (Phi) is 22.8. The maximum Gasteiger partial charge on any atom is 3.00 e. The van der Waals surface area contributed by atoms with Crippen LogP contribution in [0.25, 0.3) is 0 Å². The van der Waals surface area contributed by atoms with Gasteiger partial charge in [-0.15, -0.1) is 0 Å². The van der Waals surface area contributed by atoms with Crippen LogP contribution in [0.3, 0.4) is 0 Å². The predicted molar refractivity (Wildman–Crippen MR) is 18.2 cm³/mol. The van der Waals surface area contributed by atoms with E-state index < -0.39 is 10.4 Å². The summed E-state index contributed by atoms with van der Waals surface area (Å²) in [4.78, 5) is 0. The second kappa shape index (κ2) is 7.88. The van der Waals surface area contributed by atoms with E-state index in [9.17, 15) is 0 Å². The van der Waals surface area contributed by atoms with Crippen LogP contribution in [-0.4, -0.2) is 40.4 Å². The van der Waals surface area contributed by atoms with Gasteiger partial charge >= 0.3 is 34.4 Å². The van der Waals surface area contributed by atoms with Gasteiger partial charge in [-0.25, -0.2) is 0 Å². The number of hydrogen-bond acceptors (Lipinski definition) is 5. The molecule has 0 saturated heterocycles. The van der Waals surface area contributed by atoms with Gasteiger partial charge in [-0.2, -0.15) is 0 Å². The van der Waals surface area contributed by atoms with Gasteiger partial charge in [0, 0.05) is 10.4 Å². The first-order chi connectivity index (χ1) is 2.00. The van der Waals surface area contributed by atoms with Crippen LogP contribution in [0.2, 0.25) is 0 Å². The first-order valence-electron chi connectivity index (χ1n) is 0.667. The molecule has 0 aliphatic carbocycles. The van der Waals surface area contributed by atoms with Crippen LogP contribution in [0.1, 0.15) is 0 Å². The van der Waals surface area contributed by atoms with Crippen molar-refractivity contribution in [1.29, 1.82) is 0 Å². The summed E-state index contributed by atoms with van der Waals surface area (Å²) in [5.74, 6) is 0. The molecule has 8 heteroatoms. The molecule has 0 atom stereocenters. The Morgan fingerprint density at radius 1 is 1.12 bits per heavy atom. The Morgan fingerprint density at radius 2 is 1.12 bits per heavy atom. The molecule has 1 N–H and O–H groups in total. The van der Waals surface area contributed by atoms with Gasteiger partial charge < -0.3 is 14.6 Å². The van der Waals surface area contributed by atoms with E-state index in [4.69, 9.17) is 17.5 Å². The van der Waals surface area contributed by atoms with Crippen LogP contribution >= 0.6 is 0 Å². The minimum atomic E-state index is -5.17. The van der Waals surface area contributed by atoms with Gasteiger partial charge in [-0.1, -0.05) is 0 Å². The normalized spacial score (nSPS) is 7.25. The van der Waals surface area contributed by atoms with Crippen LogP contribution in [0.5, 0.6) is 0 Å². The molecule has 0 saturated carbocycles. The molecule has 49 valence electrons. The second-order valence-electron chi connectivity index (χ2n) is 0.408. The van der Waals surface area contributed by atoms with Crippen LogP contribution in [-0.2, 0) is 27.5 Å². The molecule has 0 fully saturated rings. The van der Waals surface area contributed by atoms with Crippen molar-refractivity contribution in [2.75, 3.05) is 0 Å². The van der Waals surface area contributed by atoms with E-state index in [-0.39, 0.29) is 39.9 Å². The van der Waals surface area contributed by atoms with Crippen LogP contribution in [0, 0.1) is 0 Å². The minimum Gasteiger partial charge on any atom is -0.870 e. The monoisotopic (exact) mass is 203 g/mol. The van der Waals surface area contributed by atoms with Gasteiger partial charge in [0.2, 0.25) is 0 Å². The standard InChI is InChI=1S/Al.Cu.H2O4S.H2O/c;;1-5(2,3)4;/h;;(H2,1,2,3,4);1H2/q+3;+2;;/p-3. The largest absolute Gasteiger partial charge is 3.00 e. The zero-order valence-corrected chi connectivity index (χ0v) is 6.28. The Hall–Kier alpha value is 0.882. The van der Waals surface area contributed by atoms with Crippen LogP contribution < -0.4 is 0 Å². The third-order valence-electron chi connectivity index (χ3n) is 0. The molecule has 0 bridgehead atoms. The molecule has 0 aromatic carbocycles. The number of rotatable bonds is 0. The van der Waals surface area contributed by atoms with Crippen molar-refractivity contribution in [3.8, 4) is 0 Å². The zero-order valence-electron chi connectivity index (χ0n) is 3.37. The molecule has 8 heavy (non-hydrogen) atoms. The summed E-state index contributed by atoms with van der Waals surface area (Å²) < 4.78 is 34.1. The summed E-state index contributed by atoms with van der Waals surface area (Å²) in [7, 11) is -5.17. The molecule has 0 amide bonds. The average molecular weight is 204 g/mol. The second-order valence-corrected chi connectivity index (χ2v) is 1.22. The molecule has 0 aromatic rings. The van der Waals surface area contributed by atoms with Crippen molar-refractivity contribution in [1.82, 2.24) is 0 Å². The molecule has 0 aromatic heterocycles. The fourth-order valence-electron chi connectivity index (χ4n) is 0.